The lowest BCUT2D eigenvalue weighted by atomic mass is 9.87. The maximum atomic E-state index is 11.7. The van der Waals surface area contributed by atoms with Crippen LogP contribution in [0, 0.1) is 0 Å². The summed E-state index contributed by atoms with van der Waals surface area (Å²) in [6, 6.07) is 21.2. The van der Waals surface area contributed by atoms with Gasteiger partial charge in [0.25, 0.3) is 8.32 Å². The number of rotatable bonds is 12. The molecular weight excluding hydrogens is 400 g/mol. The van der Waals surface area contributed by atoms with Crippen molar-refractivity contribution in [3.63, 3.8) is 0 Å². The van der Waals surface area contributed by atoms with Gasteiger partial charge in [-0.15, -0.1) is 0 Å². The molecule has 3 nitrogen and oxygen atoms in total. The molecule has 2 aromatic carbocycles. The van der Waals surface area contributed by atoms with E-state index in [1.165, 1.54) is 10.4 Å². The molecule has 0 aliphatic carbocycles. The predicted octanol–water partition coefficient (Wildman–Crippen LogP) is 5.24. The van der Waals surface area contributed by atoms with E-state index in [2.05, 4.69) is 76.2 Å². The van der Waals surface area contributed by atoms with Gasteiger partial charge in [0.1, 0.15) is 5.78 Å². The number of carbonyl (C=O) groups is 1. The number of Topliss-reactive ketones (excluding diaryl/α,β-unsaturated/α-hetero) is 1. The van der Waals surface area contributed by atoms with Gasteiger partial charge in [-0.1, -0.05) is 101 Å². The molecule has 31 heavy (non-hydrogen) atoms. The van der Waals surface area contributed by atoms with E-state index in [4.69, 9.17) is 4.43 Å². The number of ketones is 1. The second-order valence-corrected chi connectivity index (χ2v) is 14.1. The summed E-state index contributed by atoms with van der Waals surface area (Å²) in [4.78, 5) is 11.7. The van der Waals surface area contributed by atoms with Crippen molar-refractivity contribution in [2.45, 2.75) is 83.8 Å². The van der Waals surface area contributed by atoms with E-state index in [9.17, 15) is 9.90 Å². The summed E-state index contributed by atoms with van der Waals surface area (Å²) in [5, 5.41) is 13.5. The third kappa shape index (κ3) is 6.61. The lowest BCUT2D eigenvalue weighted by Crippen LogP contribution is -2.66. The Kier molecular flexibility index (Phi) is 9.23. The zero-order chi connectivity index (χ0) is 23.0. The molecule has 2 aromatic rings. The molecule has 0 bridgehead atoms. The fourth-order valence-corrected chi connectivity index (χ4v) is 9.27. The second-order valence-electron chi connectivity index (χ2n) is 9.82. The fraction of sp³-hybridized carbons (Fsp3) is 0.519. The zero-order valence-corrected chi connectivity index (χ0v) is 21.0. The average Bonchev–Trinajstić information content (AvgIpc) is 2.72. The van der Waals surface area contributed by atoms with Crippen molar-refractivity contribution < 1.29 is 14.3 Å². The van der Waals surface area contributed by atoms with Gasteiger partial charge in [0.2, 0.25) is 0 Å². The first-order valence-electron chi connectivity index (χ1n) is 11.6. The molecule has 0 spiro atoms. The Balaban J connectivity index is 2.28. The molecule has 1 N–H and O–H groups in total. The Morgan fingerprint density at radius 2 is 1.39 bits per heavy atom. The van der Waals surface area contributed by atoms with Gasteiger partial charge in [0, 0.05) is 13.0 Å². The standard InChI is InChI=1S/C27H40O3Si/c1-6-7-19-27(29,22-23(2)28)20-14-21-30-31(26(3,4)5,24-15-10-8-11-16-24)25-17-12-9-13-18-25/h8-13,15-18,29H,6-7,14,19-22H2,1-5H3. The number of benzene rings is 2. The average molecular weight is 441 g/mol. The highest BCUT2D eigenvalue weighted by Crippen LogP contribution is 2.37. The van der Waals surface area contributed by atoms with Crippen molar-refractivity contribution in [3.05, 3.63) is 60.7 Å². The molecule has 0 saturated heterocycles. The number of hydrogen-bond acceptors (Lipinski definition) is 3. The highest BCUT2D eigenvalue weighted by atomic mass is 28.4. The van der Waals surface area contributed by atoms with Crippen LogP contribution in [0.1, 0.15) is 73.1 Å². The lowest BCUT2D eigenvalue weighted by Gasteiger charge is -2.43. The first-order chi connectivity index (χ1) is 14.6. The van der Waals surface area contributed by atoms with Crippen LogP contribution in [0.5, 0.6) is 0 Å². The van der Waals surface area contributed by atoms with E-state index >= 15 is 0 Å². The molecule has 1 unspecified atom stereocenters. The maximum Gasteiger partial charge on any atom is 0.261 e. The van der Waals surface area contributed by atoms with Crippen molar-refractivity contribution in [3.8, 4) is 0 Å². The van der Waals surface area contributed by atoms with Crippen LogP contribution < -0.4 is 10.4 Å². The molecule has 0 radical (unpaired) electrons. The second kappa shape index (κ2) is 11.2. The summed E-state index contributed by atoms with van der Waals surface area (Å²) in [7, 11) is -2.55. The van der Waals surface area contributed by atoms with Crippen LogP contribution in [0.15, 0.2) is 60.7 Å². The Hall–Kier alpha value is -1.75. The lowest BCUT2D eigenvalue weighted by molar-refractivity contribution is -0.122. The molecule has 2 rings (SSSR count). The largest absolute Gasteiger partial charge is 0.407 e. The summed E-state index contributed by atoms with van der Waals surface area (Å²) in [5.41, 5.74) is -0.920. The third-order valence-electron chi connectivity index (χ3n) is 6.10. The number of aliphatic hydroxyl groups is 1. The van der Waals surface area contributed by atoms with Crippen molar-refractivity contribution in [1.29, 1.82) is 0 Å². The Labute approximate surface area is 190 Å². The highest BCUT2D eigenvalue weighted by molar-refractivity contribution is 6.99. The molecule has 0 amide bonds. The zero-order valence-electron chi connectivity index (χ0n) is 20.0. The van der Waals surface area contributed by atoms with Gasteiger partial charge in [-0.05, 0) is 41.6 Å². The van der Waals surface area contributed by atoms with Crippen LogP contribution in [0.25, 0.3) is 0 Å². The molecule has 4 heteroatoms. The summed E-state index contributed by atoms with van der Waals surface area (Å²) in [6.07, 6.45) is 4.16. The van der Waals surface area contributed by atoms with Crippen molar-refractivity contribution in [1.82, 2.24) is 0 Å². The molecule has 1 atom stereocenters. The SMILES string of the molecule is CCCCC(O)(CCCO[Si](c1ccccc1)(c1ccccc1)C(C)(C)C)CC(C)=O. The molecular formula is C27H40O3Si. The molecule has 0 heterocycles. The van der Waals surface area contributed by atoms with Crippen LogP contribution in [-0.4, -0.2) is 31.4 Å². The van der Waals surface area contributed by atoms with Crippen molar-refractivity contribution in [2.75, 3.05) is 6.61 Å². The first-order valence-corrected chi connectivity index (χ1v) is 13.5. The first kappa shape index (κ1) is 25.5. The van der Waals surface area contributed by atoms with Crippen molar-refractivity contribution in [2.24, 2.45) is 0 Å². The molecule has 0 aromatic heterocycles. The van der Waals surface area contributed by atoms with Gasteiger partial charge >= 0.3 is 0 Å². The summed E-state index contributed by atoms with van der Waals surface area (Å²) < 4.78 is 6.91. The topological polar surface area (TPSA) is 46.5 Å². The van der Waals surface area contributed by atoms with Crippen LogP contribution in [-0.2, 0) is 9.22 Å². The van der Waals surface area contributed by atoms with Crippen LogP contribution in [0.4, 0.5) is 0 Å². The van der Waals surface area contributed by atoms with Gasteiger partial charge in [0.15, 0.2) is 0 Å². The van der Waals surface area contributed by atoms with E-state index in [0.717, 1.165) is 19.3 Å². The van der Waals surface area contributed by atoms with Gasteiger partial charge < -0.3 is 9.53 Å². The van der Waals surface area contributed by atoms with Gasteiger partial charge in [-0.25, -0.2) is 0 Å². The third-order valence-corrected chi connectivity index (χ3v) is 11.1. The minimum Gasteiger partial charge on any atom is -0.407 e. The van der Waals surface area contributed by atoms with Crippen LogP contribution in [0.2, 0.25) is 5.04 Å². The normalized spacial score (nSPS) is 14.3. The van der Waals surface area contributed by atoms with Crippen LogP contribution in [0.3, 0.4) is 0 Å². The molecule has 0 aliphatic rings. The number of hydrogen-bond donors (Lipinski definition) is 1. The van der Waals surface area contributed by atoms with E-state index in [0.29, 0.717) is 19.4 Å². The smallest absolute Gasteiger partial charge is 0.261 e. The number of unbranched alkanes of at least 4 members (excludes halogenated alkanes) is 1. The number of carbonyl (C=O) groups excluding carboxylic acids is 1. The summed E-state index contributed by atoms with van der Waals surface area (Å²) >= 11 is 0. The molecule has 170 valence electrons. The van der Waals surface area contributed by atoms with Crippen molar-refractivity contribution >= 4 is 24.5 Å². The molecule has 0 aliphatic heterocycles. The maximum absolute atomic E-state index is 11.7. The monoisotopic (exact) mass is 440 g/mol. The quantitative estimate of drug-likeness (QED) is 0.362. The Morgan fingerprint density at radius 3 is 1.81 bits per heavy atom. The van der Waals surface area contributed by atoms with Gasteiger partial charge in [-0.3, -0.25) is 4.79 Å². The van der Waals surface area contributed by atoms with Crippen LogP contribution >= 0.6 is 0 Å². The Morgan fingerprint density at radius 1 is 0.903 bits per heavy atom. The fourth-order valence-electron chi connectivity index (χ4n) is 4.66. The van der Waals surface area contributed by atoms with E-state index < -0.39 is 13.9 Å². The van der Waals surface area contributed by atoms with Gasteiger partial charge in [-0.2, -0.15) is 0 Å². The minimum atomic E-state index is -2.55. The molecule has 0 fully saturated rings. The van der Waals surface area contributed by atoms with E-state index in [1.54, 1.807) is 6.92 Å². The summed E-state index contributed by atoms with van der Waals surface area (Å²) in [6.45, 7) is 11.1. The summed E-state index contributed by atoms with van der Waals surface area (Å²) in [5.74, 6) is 0.0477. The molecule has 0 saturated carbocycles. The Bertz CT molecular complexity index is 759. The minimum absolute atomic E-state index is 0.0477. The van der Waals surface area contributed by atoms with Gasteiger partial charge in [0.05, 0.1) is 5.60 Å². The van der Waals surface area contributed by atoms with E-state index in [1.807, 2.05) is 12.1 Å². The predicted molar refractivity (Wildman–Crippen MR) is 133 cm³/mol. The highest BCUT2D eigenvalue weighted by Gasteiger charge is 2.50. The van der Waals surface area contributed by atoms with E-state index in [-0.39, 0.29) is 17.2 Å².